The molecular weight excluding hydrogens is 501 g/mol. The lowest BCUT2D eigenvalue weighted by molar-refractivity contribution is 0.628. The van der Waals surface area contributed by atoms with Crippen molar-refractivity contribution in [2.75, 3.05) is 4.90 Å². The Kier molecular flexibility index (Phi) is 5.11. The van der Waals surface area contributed by atoms with Crippen LogP contribution in [0.5, 0.6) is 0 Å². The molecule has 0 atom stereocenters. The van der Waals surface area contributed by atoms with Crippen LogP contribution in [0.3, 0.4) is 0 Å². The standard InChI is InChI=1S/C39H28FN/c1-39(2)36-23-26-21-30(41(28-12-4-3-5-13-28)29-14-10-11-27(40)24-29)20-19-25(26)22-35(36)37-33-17-8-6-15-31(33)32-16-7-9-18-34(32)38(37)39/h3-24H,1-2H3. The first-order chi connectivity index (χ1) is 20.0. The highest BCUT2D eigenvalue weighted by Crippen LogP contribution is 2.55. The normalized spacial score (nSPS) is 13.4. The Labute approximate surface area is 239 Å². The predicted molar refractivity (Wildman–Crippen MR) is 171 cm³/mol. The molecule has 0 aliphatic heterocycles. The molecule has 8 rings (SSSR count). The summed E-state index contributed by atoms with van der Waals surface area (Å²) in [5.74, 6) is -0.249. The van der Waals surface area contributed by atoms with Crippen LogP contribution in [-0.4, -0.2) is 0 Å². The SMILES string of the molecule is CC1(C)c2cc3cc(N(c4ccccc4)c4cccc(F)c4)ccc3cc2-c2c1c1ccccc1c1ccccc21. The average Bonchev–Trinajstić information content (AvgIpc) is 3.23. The largest absolute Gasteiger partial charge is 0.310 e. The Morgan fingerprint density at radius 2 is 1.15 bits per heavy atom. The molecule has 196 valence electrons. The molecule has 0 saturated carbocycles. The summed E-state index contributed by atoms with van der Waals surface area (Å²) in [5, 5.41) is 7.62. The molecule has 7 aromatic carbocycles. The van der Waals surface area contributed by atoms with Gasteiger partial charge in [-0.2, -0.15) is 0 Å². The van der Waals surface area contributed by atoms with Gasteiger partial charge in [-0.25, -0.2) is 4.39 Å². The lowest BCUT2D eigenvalue weighted by Crippen LogP contribution is -2.15. The summed E-state index contributed by atoms with van der Waals surface area (Å²) in [5.41, 5.74) is 8.04. The topological polar surface area (TPSA) is 3.24 Å². The van der Waals surface area contributed by atoms with Gasteiger partial charge < -0.3 is 4.90 Å². The van der Waals surface area contributed by atoms with Crippen molar-refractivity contribution in [1.82, 2.24) is 0 Å². The average molecular weight is 530 g/mol. The van der Waals surface area contributed by atoms with Gasteiger partial charge in [0.1, 0.15) is 5.82 Å². The van der Waals surface area contributed by atoms with E-state index < -0.39 is 0 Å². The second kappa shape index (κ2) is 8.78. The number of hydrogen-bond acceptors (Lipinski definition) is 1. The Hall–Kier alpha value is -4.95. The molecule has 0 aromatic heterocycles. The molecule has 41 heavy (non-hydrogen) atoms. The first-order valence-corrected chi connectivity index (χ1v) is 14.1. The van der Waals surface area contributed by atoms with Crippen LogP contribution in [0, 0.1) is 5.82 Å². The van der Waals surface area contributed by atoms with Crippen molar-refractivity contribution in [3.8, 4) is 11.1 Å². The third-order valence-corrected chi connectivity index (χ3v) is 8.80. The molecule has 1 nitrogen and oxygen atoms in total. The maximum absolute atomic E-state index is 14.4. The molecule has 1 aliphatic carbocycles. The van der Waals surface area contributed by atoms with Crippen LogP contribution < -0.4 is 4.90 Å². The van der Waals surface area contributed by atoms with Gasteiger partial charge >= 0.3 is 0 Å². The summed E-state index contributed by atoms with van der Waals surface area (Å²) in [4.78, 5) is 2.12. The molecular formula is C39H28FN. The van der Waals surface area contributed by atoms with E-state index in [0.717, 1.165) is 17.1 Å². The van der Waals surface area contributed by atoms with E-state index in [1.807, 2.05) is 24.3 Å². The molecule has 0 spiro atoms. The van der Waals surface area contributed by atoms with Crippen LogP contribution in [-0.2, 0) is 5.41 Å². The van der Waals surface area contributed by atoms with Crippen molar-refractivity contribution in [2.24, 2.45) is 0 Å². The van der Waals surface area contributed by atoms with E-state index in [-0.39, 0.29) is 11.2 Å². The zero-order valence-electron chi connectivity index (χ0n) is 23.0. The van der Waals surface area contributed by atoms with Crippen LogP contribution in [0.25, 0.3) is 43.4 Å². The zero-order valence-corrected chi connectivity index (χ0v) is 23.0. The van der Waals surface area contributed by atoms with Gasteiger partial charge in [-0.1, -0.05) is 92.7 Å². The number of anilines is 3. The van der Waals surface area contributed by atoms with E-state index in [1.165, 1.54) is 60.6 Å². The first-order valence-electron chi connectivity index (χ1n) is 14.1. The number of fused-ring (bicyclic) bond motifs is 9. The van der Waals surface area contributed by atoms with E-state index in [0.29, 0.717) is 0 Å². The third-order valence-electron chi connectivity index (χ3n) is 8.80. The lowest BCUT2D eigenvalue weighted by Gasteiger charge is -2.26. The number of nitrogens with zero attached hydrogens (tertiary/aromatic N) is 1. The first kappa shape index (κ1) is 23.9. The molecule has 0 heterocycles. The summed E-state index contributed by atoms with van der Waals surface area (Å²) >= 11 is 0. The van der Waals surface area contributed by atoms with Crippen molar-refractivity contribution >= 4 is 49.4 Å². The fourth-order valence-corrected chi connectivity index (χ4v) is 6.99. The van der Waals surface area contributed by atoms with Gasteiger partial charge in [-0.3, -0.25) is 0 Å². The van der Waals surface area contributed by atoms with Gasteiger partial charge in [-0.15, -0.1) is 0 Å². The number of benzene rings is 7. The quantitative estimate of drug-likeness (QED) is 0.206. The van der Waals surface area contributed by atoms with Crippen molar-refractivity contribution in [2.45, 2.75) is 19.3 Å². The highest BCUT2D eigenvalue weighted by atomic mass is 19.1. The fraction of sp³-hybridized carbons (Fsp3) is 0.0769. The van der Waals surface area contributed by atoms with Crippen LogP contribution in [0.15, 0.2) is 133 Å². The second-order valence-electron chi connectivity index (χ2n) is 11.5. The number of hydrogen-bond donors (Lipinski definition) is 0. The van der Waals surface area contributed by atoms with Crippen molar-refractivity contribution in [3.05, 3.63) is 150 Å². The minimum Gasteiger partial charge on any atom is -0.310 e. The molecule has 0 unspecified atom stereocenters. The number of para-hydroxylation sites is 1. The molecule has 7 aromatic rings. The molecule has 0 amide bonds. The minimum atomic E-state index is -0.249. The molecule has 0 bridgehead atoms. The van der Waals surface area contributed by atoms with Crippen LogP contribution in [0.2, 0.25) is 0 Å². The minimum absolute atomic E-state index is 0.166. The molecule has 0 saturated heterocycles. The Balaban J connectivity index is 1.38. The van der Waals surface area contributed by atoms with Crippen LogP contribution >= 0.6 is 0 Å². The lowest BCUT2D eigenvalue weighted by atomic mass is 9.79. The Bertz CT molecular complexity index is 2140. The van der Waals surface area contributed by atoms with Crippen LogP contribution in [0.1, 0.15) is 25.0 Å². The smallest absolute Gasteiger partial charge is 0.125 e. The van der Waals surface area contributed by atoms with Crippen molar-refractivity contribution in [1.29, 1.82) is 0 Å². The summed E-state index contributed by atoms with van der Waals surface area (Å²) in [7, 11) is 0. The highest BCUT2D eigenvalue weighted by molar-refractivity contribution is 6.19. The highest BCUT2D eigenvalue weighted by Gasteiger charge is 2.38. The maximum Gasteiger partial charge on any atom is 0.125 e. The zero-order chi connectivity index (χ0) is 27.7. The summed E-state index contributed by atoms with van der Waals surface area (Å²) in [6.45, 7) is 4.72. The van der Waals surface area contributed by atoms with E-state index >= 15 is 0 Å². The van der Waals surface area contributed by atoms with Gasteiger partial charge in [0.15, 0.2) is 0 Å². The van der Waals surface area contributed by atoms with Gasteiger partial charge in [0, 0.05) is 22.5 Å². The second-order valence-corrected chi connectivity index (χ2v) is 11.5. The van der Waals surface area contributed by atoms with Gasteiger partial charge in [-0.05, 0) is 109 Å². The fourth-order valence-electron chi connectivity index (χ4n) is 6.99. The van der Waals surface area contributed by atoms with E-state index in [1.54, 1.807) is 12.1 Å². The van der Waals surface area contributed by atoms with E-state index in [2.05, 4.69) is 110 Å². The summed E-state index contributed by atoms with van der Waals surface area (Å²) in [6, 6.07) is 46.0. The van der Waals surface area contributed by atoms with Crippen molar-refractivity contribution < 1.29 is 4.39 Å². The molecule has 0 N–H and O–H groups in total. The Morgan fingerprint density at radius 1 is 0.512 bits per heavy atom. The molecule has 1 aliphatic rings. The molecule has 0 radical (unpaired) electrons. The monoisotopic (exact) mass is 529 g/mol. The molecule has 0 fully saturated rings. The van der Waals surface area contributed by atoms with Crippen molar-refractivity contribution in [3.63, 3.8) is 0 Å². The van der Waals surface area contributed by atoms with E-state index in [9.17, 15) is 4.39 Å². The predicted octanol–water partition coefficient (Wildman–Crippen LogP) is 11.1. The maximum atomic E-state index is 14.4. The summed E-state index contributed by atoms with van der Waals surface area (Å²) < 4.78 is 14.4. The number of rotatable bonds is 3. The summed E-state index contributed by atoms with van der Waals surface area (Å²) in [6.07, 6.45) is 0. The molecule has 2 heteroatoms. The number of halogens is 1. The van der Waals surface area contributed by atoms with Crippen LogP contribution in [0.4, 0.5) is 21.5 Å². The Morgan fingerprint density at radius 3 is 1.90 bits per heavy atom. The van der Waals surface area contributed by atoms with E-state index in [4.69, 9.17) is 0 Å². The van der Waals surface area contributed by atoms with Gasteiger partial charge in [0.2, 0.25) is 0 Å². The van der Waals surface area contributed by atoms with Gasteiger partial charge in [0.05, 0.1) is 0 Å². The van der Waals surface area contributed by atoms with Gasteiger partial charge in [0.25, 0.3) is 0 Å². The third kappa shape index (κ3) is 3.54.